The molecule has 4 aliphatic rings. The van der Waals surface area contributed by atoms with Crippen LogP contribution in [0.5, 0.6) is 0 Å². The summed E-state index contributed by atoms with van der Waals surface area (Å²) in [5, 5.41) is 0. The first kappa shape index (κ1) is 16.3. The monoisotopic (exact) mass is 280 g/mol. The van der Waals surface area contributed by atoms with Crippen LogP contribution in [0.2, 0.25) is 0 Å². The molecule has 118 valence electrons. The lowest BCUT2D eigenvalue weighted by Crippen LogP contribution is -2.30. The van der Waals surface area contributed by atoms with Gasteiger partial charge in [-0.15, -0.1) is 0 Å². The summed E-state index contributed by atoms with van der Waals surface area (Å²) in [6.45, 7) is 10.8. The largest absolute Gasteiger partial charge is 0.369 e. The van der Waals surface area contributed by atoms with E-state index in [2.05, 4.69) is 20.8 Å². The lowest BCUT2D eigenvalue weighted by atomic mass is 9.71. The average Bonchev–Trinajstić information content (AvgIpc) is 3.34. The van der Waals surface area contributed by atoms with E-state index in [1.54, 1.807) is 0 Å². The third kappa shape index (κ3) is 3.24. The lowest BCUT2D eigenvalue weighted by Gasteiger charge is -2.33. The van der Waals surface area contributed by atoms with Gasteiger partial charge < -0.3 is 4.74 Å². The van der Waals surface area contributed by atoms with Crippen molar-refractivity contribution < 1.29 is 4.74 Å². The van der Waals surface area contributed by atoms with Crippen LogP contribution in [0.1, 0.15) is 86.0 Å². The Morgan fingerprint density at radius 3 is 2.35 bits per heavy atom. The molecule has 6 unspecified atom stereocenters. The van der Waals surface area contributed by atoms with Crippen molar-refractivity contribution in [3.8, 4) is 0 Å². The van der Waals surface area contributed by atoms with Crippen LogP contribution in [-0.4, -0.2) is 12.2 Å². The van der Waals surface area contributed by atoms with Crippen LogP contribution in [0, 0.1) is 23.2 Å². The average molecular weight is 280 g/mol. The number of hydrogen-bond acceptors (Lipinski definition) is 1. The summed E-state index contributed by atoms with van der Waals surface area (Å²) in [5.41, 5.74) is 0.769. The van der Waals surface area contributed by atoms with Gasteiger partial charge in [-0.05, 0) is 55.3 Å². The zero-order valence-corrected chi connectivity index (χ0v) is 14.5. The summed E-state index contributed by atoms with van der Waals surface area (Å²) in [7, 11) is 0. The minimum Gasteiger partial charge on any atom is -0.369 e. The van der Waals surface area contributed by atoms with Gasteiger partial charge in [0.2, 0.25) is 0 Å². The molecule has 0 spiro atoms. The van der Waals surface area contributed by atoms with E-state index in [-0.39, 0.29) is 0 Å². The number of fused-ring (bicyclic) bond motifs is 2. The third-order valence-electron chi connectivity index (χ3n) is 5.84. The van der Waals surface area contributed by atoms with E-state index in [1.807, 2.05) is 13.8 Å². The Hall–Kier alpha value is -0.0400. The van der Waals surface area contributed by atoms with E-state index < -0.39 is 0 Å². The fraction of sp³-hybridized carbons (Fsp3) is 1.00. The fourth-order valence-electron chi connectivity index (χ4n) is 4.80. The van der Waals surface area contributed by atoms with Crippen molar-refractivity contribution in [1.82, 2.24) is 0 Å². The highest BCUT2D eigenvalue weighted by Crippen LogP contribution is 2.66. The first-order chi connectivity index (χ1) is 9.69. The molecule has 20 heavy (non-hydrogen) atoms. The van der Waals surface area contributed by atoms with Crippen molar-refractivity contribution in [1.29, 1.82) is 0 Å². The zero-order chi connectivity index (χ0) is 14.8. The first-order valence-corrected chi connectivity index (χ1v) is 9.35. The van der Waals surface area contributed by atoms with Gasteiger partial charge in [-0.25, -0.2) is 0 Å². The Balaban J connectivity index is 0.000000264. The number of rotatable bonds is 1. The van der Waals surface area contributed by atoms with Gasteiger partial charge in [0.05, 0.1) is 12.2 Å². The molecule has 1 heteroatoms. The van der Waals surface area contributed by atoms with Gasteiger partial charge >= 0.3 is 0 Å². The number of ether oxygens (including phenoxy) is 1. The van der Waals surface area contributed by atoms with E-state index >= 15 is 0 Å². The molecule has 3 aliphatic carbocycles. The smallest absolute Gasteiger partial charge is 0.0872 e. The molecule has 6 atom stereocenters. The van der Waals surface area contributed by atoms with Crippen LogP contribution in [-0.2, 0) is 4.74 Å². The Kier molecular flexibility index (Phi) is 5.56. The minimum atomic E-state index is 0.690. The van der Waals surface area contributed by atoms with Gasteiger partial charge in [-0.1, -0.05) is 53.9 Å². The standard InChI is InChI=1S/C14H22O.C3H8.C2H6/c1-14-7-3-5-9(11(14)8-14)10-4-2-6-12-13(10)15-12;1-3-2;1-2/h9-13H,2-8H2,1H3;3H2,1-2H3;1-2H3. The molecule has 1 aliphatic heterocycles. The predicted molar refractivity (Wildman–Crippen MR) is 86.9 cm³/mol. The third-order valence-corrected chi connectivity index (χ3v) is 5.84. The zero-order valence-electron chi connectivity index (χ0n) is 14.5. The highest BCUT2D eigenvalue weighted by atomic mass is 16.6. The molecule has 1 saturated heterocycles. The molecular formula is C19H36O. The number of epoxide rings is 1. The Labute approximate surface area is 126 Å². The van der Waals surface area contributed by atoms with Gasteiger partial charge in [0.25, 0.3) is 0 Å². The predicted octanol–water partition coefficient (Wildman–Crippen LogP) is 5.82. The van der Waals surface area contributed by atoms with Crippen molar-refractivity contribution >= 4 is 0 Å². The summed E-state index contributed by atoms with van der Waals surface area (Å²) in [6.07, 6.45) is 13.0. The topological polar surface area (TPSA) is 12.5 Å². The van der Waals surface area contributed by atoms with Gasteiger partial charge in [0.1, 0.15) is 0 Å². The number of hydrogen-bond donors (Lipinski definition) is 0. The molecule has 4 fully saturated rings. The van der Waals surface area contributed by atoms with Crippen LogP contribution < -0.4 is 0 Å². The lowest BCUT2D eigenvalue weighted by molar-refractivity contribution is 0.152. The fourth-order valence-corrected chi connectivity index (χ4v) is 4.80. The Morgan fingerprint density at radius 2 is 1.65 bits per heavy atom. The molecule has 1 nitrogen and oxygen atoms in total. The van der Waals surface area contributed by atoms with Crippen LogP contribution in [0.25, 0.3) is 0 Å². The summed E-state index contributed by atoms with van der Waals surface area (Å²) in [4.78, 5) is 0. The molecule has 0 bridgehead atoms. The second-order valence-corrected chi connectivity index (χ2v) is 7.46. The molecular weight excluding hydrogens is 244 g/mol. The van der Waals surface area contributed by atoms with Gasteiger partial charge in [-0.2, -0.15) is 0 Å². The summed E-state index contributed by atoms with van der Waals surface area (Å²) in [5.74, 6) is 3.08. The van der Waals surface area contributed by atoms with Crippen LogP contribution in [0.15, 0.2) is 0 Å². The van der Waals surface area contributed by atoms with Crippen molar-refractivity contribution in [2.75, 3.05) is 0 Å². The minimum absolute atomic E-state index is 0.690. The van der Waals surface area contributed by atoms with E-state index in [0.717, 1.165) is 23.2 Å². The molecule has 0 aromatic heterocycles. The molecule has 0 radical (unpaired) electrons. The van der Waals surface area contributed by atoms with Crippen LogP contribution in [0.4, 0.5) is 0 Å². The SMILES string of the molecule is CC.CC12CCCC(C3CCCC4OC43)C1C2.CCC. The van der Waals surface area contributed by atoms with Crippen LogP contribution >= 0.6 is 0 Å². The second-order valence-electron chi connectivity index (χ2n) is 7.46. The van der Waals surface area contributed by atoms with E-state index in [1.165, 1.54) is 51.4 Å². The van der Waals surface area contributed by atoms with Crippen molar-refractivity contribution in [2.24, 2.45) is 23.2 Å². The molecule has 0 aromatic carbocycles. The Morgan fingerprint density at radius 1 is 1.00 bits per heavy atom. The molecule has 0 aromatic rings. The Bertz CT molecular complexity index is 300. The maximum atomic E-state index is 5.84. The van der Waals surface area contributed by atoms with Gasteiger partial charge in [-0.3, -0.25) is 0 Å². The molecule has 3 saturated carbocycles. The molecule has 0 amide bonds. The van der Waals surface area contributed by atoms with Crippen molar-refractivity contribution in [3.63, 3.8) is 0 Å². The summed E-state index contributed by atoms with van der Waals surface area (Å²) >= 11 is 0. The molecule has 0 N–H and O–H groups in total. The highest BCUT2D eigenvalue weighted by molar-refractivity contribution is 5.09. The first-order valence-electron chi connectivity index (χ1n) is 9.35. The van der Waals surface area contributed by atoms with Gasteiger partial charge in [0, 0.05) is 0 Å². The van der Waals surface area contributed by atoms with Crippen molar-refractivity contribution in [3.05, 3.63) is 0 Å². The van der Waals surface area contributed by atoms with Crippen molar-refractivity contribution in [2.45, 2.75) is 98.2 Å². The molecule has 4 rings (SSSR count). The van der Waals surface area contributed by atoms with Crippen LogP contribution in [0.3, 0.4) is 0 Å². The van der Waals surface area contributed by atoms with Gasteiger partial charge in [0.15, 0.2) is 0 Å². The molecule has 1 heterocycles. The van der Waals surface area contributed by atoms with E-state index in [9.17, 15) is 0 Å². The summed E-state index contributed by atoms with van der Waals surface area (Å²) in [6, 6.07) is 0. The highest BCUT2D eigenvalue weighted by Gasteiger charge is 2.60. The van der Waals surface area contributed by atoms with E-state index in [4.69, 9.17) is 4.74 Å². The maximum absolute atomic E-state index is 5.84. The maximum Gasteiger partial charge on any atom is 0.0872 e. The summed E-state index contributed by atoms with van der Waals surface area (Å²) < 4.78 is 5.84. The quantitative estimate of drug-likeness (QED) is 0.551. The normalized spacial score (nSPS) is 47.5. The van der Waals surface area contributed by atoms with E-state index in [0.29, 0.717) is 12.2 Å². The second kappa shape index (κ2) is 6.81.